The maximum atomic E-state index is 4.74. The van der Waals surface area contributed by atoms with E-state index in [1.54, 1.807) is 0 Å². The van der Waals surface area contributed by atoms with E-state index in [4.69, 9.17) is 4.98 Å². The summed E-state index contributed by atoms with van der Waals surface area (Å²) in [5.41, 5.74) is 15.3. The highest BCUT2D eigenvalue weighted by Crippen LogP contribution is 2.58. The molecule has 9 aromatic carbocycles. The number of para-hydroxylation sites is 5. The fourth-order valence-corrected chi connectivity index (χ4v) is 10.9. The Hall–Kier alpha value is -7.69. The molecule has 13 rings (SSSR count). The minimum absolute atomic E-state index is 0.229. The Labute approximate surface area is 347 Å². The molecule has 0 radical (unpaired) electrons. The van der Waals surface area contributed by atoms with Crippen LogP contribution in [0.3, 0.4) is 0 Å². The number of nitrogens with zero attached hydrogens (tertiary/aromatic N) is 4. The van der Waals surface area contributed by atoms with Crippen molar-refractivity contribution in [1.82, 2.24) is 9.55 Å². The summed E-state index contributed by atoms with van der Waals surface area (Å²) >= 11 is 0. The van der Waals surface area contributed by atoms with Crippen LogP contribution in [0.15, 0.2) is 194 Å². The lowest BCUT2D eigenvalue weighted by Gasteiger charge is -2.40. The van der Waals surface area contributed by atoms with E-state index >= 15 is 0 Å². The van der Waals surface area contributed by atoms with Gasteiger partial charge in [0.1, 0.15) is 0 Å². The van der Waals surface area contributed by atoms with Crippen LogP contribution in [0.25, 0.3) is 70.9 Å². The third-order valence-electron chi connectivity index (χ3n) is 13.3. The van der Waals surface area contributed by atoms with Crippen LogP contribution in [0.4, 0.5) is 34.1 Å². The topological polar surface area (TPSA) is 24.3 Å². The molecule has 0 bridgehead atoms. The monoisotopic (exact) mass is 766 g/mol. The van der Waals surface area contributed by atoms with E-state index in [1.807, 2.05) is 12.4 Å². The van der Waals surface area contributed by atoms with Crippen LogP contribution in [-0.4, -0.2) is 9.55 Å². The van der Waals surface area contributed by atoms with Crippen LogP contribution < -0.4 is 9.80 Å². The van der Waals surface area contributed by atoms with Crippen LogP contribution in [0.1, 0.15) is 25.0 Å². The molecule has 2 aliphatic rings. The first kappa shape index (κ1) is 33.3. The van der Waals surface area contributed by atoms with E-state index in [-0.39, 0.29) is 5.41 Å². The molecule has 0 spiro atoms. The predicted octanol–water partition coefficient (Wildman–Crippen LogP) is 15.2. The first-order chi connectivity index (χ1) is 29.6. The van der Waals surface area contributed by atoms with Gasteiger partial charge in [0.25, 0.3) is 0 Å². The SMILES string of the molecule is CC1(C)c2ccc3c(c2-c2ccc4c5ccccc5c5ccccc5c4c21)c1ccncc1n3-c1cccc(N2c3ccccc3N(c3ccccc3)c3ccccc32)c1. The summed E-state index contributed by atoms with van der Waals surface area (Å²) in [6, 6.07) is 66.7. The van der Waals surface area contributed by atoms with Gasteiger partial charge in [0.05, 0.1) is 40.0 Å². The fraction of sp³-hybridized carbons (Fsp3) is 0.0536. The van der Waals surface area contributed by atoms with Gasteiger partial charge in [-0.05, 0) is 121 Å². The molecule has 0 unspecified atom stereocenters. The number of aromatic nitrogens is 2. The molecule has 1 aliphatic heterocycles. The van der Waals surface area contributed by atoms with Gasteiger partial charge in [-0.1, -0.05) is 129 Å². The molecule has 0 atom stereocenters. The van der Waals surface area contributed by atoms with Gasteiger partial charge in [0.2, 0.25) is 0 Å². The Kier molecular flexibility index (Phi) is 6.75. The number of rotatable bonds is 3. The van der Waals surface area contributed by atoms with Gasteiger partial charge < -0.3 is 14.4 Å². The quantitative estimate of drug-likeness (QED) is 0.167. The standard InChI is InChI=1S/C56H38N4/c1-56(2)45-29-30-50-54(53(45)44-28-27-42-40-21-7-6-19-38(40)39-20-8-9-22-41(39)52(42)55(44)56)43-31-32-57-34-51(43)60(50)37-18-14-17-36(33-37)59-48-25-12-10-23-46(48)58(35-15-4-3-5-16-35)47-24-11-13-26-49(47)59/h3-34H,1-2H3. The van der Waals surface area contributed by atoms with Gasteiger partial charge in [-0.3, -0.25) is 4.98 Å². The molecule has 0 saturated carbocycles. The highest BCUT2D eigenvalue weighted by atomic mass is 15.3. The Balaban J connectivity index is 1.05. The Morgan fingerprint density at radius 2 is 0.967 bits per heavy atom. The molecule has 0 saturated heterocycles. The molecular formula is C56H38N4. The van der Waals surface area contributed by atoms with Crippen molar-refractivity contribution in [3.63, 3.8) is 0 Å². The Bertz CT molecular complexity index is 3510. The zero-order valence-corrected chi connectivity index (χ0v) is 33.3. The van der Waals surface area contributed by atoms with Crippen molar-refractivity contribution in [2.45, 2.75) is 19.3 Å². The lowest BCUT2D eigenvalue weighted by molar-refractivity contribution is 0.667. The van der Waals surface area contributed by atoms with Gasteiger partial charge in [-0.15, -0.1) is 0 Å². The van der Waals surface area contributed by atoms with E-state index in [0.717, 1.165) is 45.3 Å². The van der Waals surface area contributed by atoms with Crippen LogP contribution in [0.5, 0.6) is 0 Å². The van der Waals surface area contributed by atoms with E-state index in [1.165, 1.54) is 70.9 Å². The van der Waals surface area contributed by atoms with Gasteiger partial charge in [-0.25, -0.2) is 0 Å². The van der Waals surface area contributed by atoms with E-state index in [0.29, 0.717) is 0 Å². The van der Waals surface area contributed by atoms with Crippen molar-refractivity contribution in [2.75, 3.05) is 9.80 Å². The number of fused-ring (bicyclic) bond motifs is 16. The smallest absolute Gasteiger partial charge is 0.0724 e. The van der Waals surface area contributed by atoms with Crippen molar-refractivity contribution in [1.29, 1.82) is 0 Å². The second-order valence-electron chi connectivity index (χ2n) is 16.7. The highest BCUT2D eigenvalue weighted by Gasteiger charge is 2.40. The first-order valence-corrected chi connectivity index (χ1v) is 20.8. The number of hydrogen-bond donors (Lipinski definition) is 0. The van der Waals surface area contributed by atoms with Crippen molar-refractivity contribution in [2.24, 2.45) is 0 Å². The van der Waals surface area contributed by atoms with Gasteiger partial charge >= 0.3 is 0 Å². The van der Waals surface area contributed by atoms with Gasteiger partial charge in [0, 0.05) is 39.4 Å². The summed E-state index contributed by atoms with van der Waals surface area (Å²) in [6.45, 7) is 4.84. The molecule has 3 heterocycles. The molecule has 2 aromatic heterocycles. The average molecular weight is 767 g/mol. The van der Waals surface area contributed by atoms with Crippen molar-refractivity contribution in [3.8, 4) is 16.8 Å². The van der Waals surface area contributed by atoms with E-state index < -0.39 is 0 Å². The molecule has 0 fully saturated rings. The van der Waals surface area contributed by atoms with E-state index in [2.05, 4.69) is 210 Å². The number of hydrogen-bond acceptors (Lipinski definition) is 3. The highest BCUT2D eigenvalue weighted by molar-refractivity contribution is 6.28. The van der Waals surface area contributed by atoms with Crippen LogP contribution >= 0.6 is 0 Å². The van der Waals surface area contributed by atoms with E-state index in [9.17, 15) is 0 Å². The summed E-state index contributed by atoms with van der Waals surface area (Å²) < 4.78 is 2.43. The molecule has 0 N–H and O–H groups in total. The zero-order valence-electron chi connectivity index (χ0n) is 33.3. The lowest BCUT2D eigenvalue weighted by atomic mass is 9.78. The van der Waals surface area contributed by atoms with Crippen molar-refractivity contribution in [3.05, 3.63) is 206 Å². The summed E-state index contributed by atoms with van der Waals surface area (Å²) in [4.78, 5) is 9.52. The molecule has 282 valence electrons. The normalized spacial score (nSPS) is 13.9. The second kappa shape index (κ2) is 12.2. The van der Waals surface area contributed by atoms with Crippen molar-refractivity contribution >= 4 is 88.2 Å². The Morgan fingerprint density at radius 3 is 1.65 bits per heavy atom. The molecule has 0 amide bonds. The van der Waals surface area contributed by atoms with Crippen molar-refractivity contribution < 1.29 is 0 Å². The van der Waals surface area contributed by atoms with Gasteiger partial charge in [-0.2, -0.15) is 0 Å². The minimum Gasteiger partial charge on any atom is -0.308 e. The van der Waals surface area contributed by atoms with Crippen LogP contribution in [0, 0.1) is 0 Å². The second-order valence-corrected chi connectivity index (χ2v) is 16.7. The summed E-state index contributed by atoms with van der Waals surface area (Å²) in [6.07, 6.45) is 3.99. The fourth-order valence-electron chi connectivity index (χ4n) is 10.9. The molecule has 4 heteroatoms. The third-order valence-corrected chi connectivity index (χ3v) is 13.3. The summed E-state index contributed by atoms with van der Waals surface area (Å²) in [5.74, 6) is 0. The molecule has 4 nitrogen and oxygen atoms in total. The molecular weight excluding hydrogens is 729 g/mol. The number of anilines is 6. The minimum atomic E-state index is -0.229. The maximum Gasteiger partial charge on any atom is 0.0724 e. The summed E-state index contributed by atoms with van der Waals surface area (Å²) in [7, 11) is 0. The largest absolute Gasteiger partial charge is 0.308 e. The first-order valence-electron chi connectivity index (χ1n) is 20.8. The summed E-state index contributed by atoms with van der Waals surface area (Å²) in [5, 5.41) is 10.4. The zero-order chi connectivity index (χ0) is 39.7. The molecule has 60 heavy (non-hydrogen) atoms. The number of pyridine rings is 1. The third kappa shape index (κ3) is 4.37. The predicted molar refractivity (Wildman–Crippen MR) is 252 cm³/mol. The maximum absolute atomic E-state index is 4.74. The van der Waals surface area contributed by atoms with Crippen LogP contribution in [0.2, 0.25) is 0 Å². The van der Waals surface area contributed by atoms with Gasteiger partial charge in [0.15, 0.2) is 0 Å². The number of benzene rings is 9. The van der Waals surface area contributed by atoms with Crippen LogP contribution in [-0.2, 0) is 5.41 Å². The molecule has 11 aromatic rings. The molecule has 1 aliphatic carbocycles. The Morgan fingerprint density at radius 1 is 0.417 bits per heavy atom. The average Bonchev–Trinajstić information content (AvgIpc) is 3.76. The lowest BCUT2D eigenvalue weighted by Crippen LogP contribution is -2.23.